The van der Waals surface area contributed by atoms with E-state index in [0.717, 1.165) is 0 Å². The zero-order chi connectivity index (χ0) is 14.5. The Morgan fingerprint density at radius 1 is 1.42 bits per heavy atom. The van der Waals surface area contributed by atoms with Crippen molar-refractivity contribution in [3.05, 3.63) is 28.8 Å². The van der Waals surface area contributed by atoms with Gasteiger partial charge in [-0.15, -0.1) is 0 Å². The van der Waals surface area contributed by atoms with Gasteiger partial charge in [-0.3, -0.25) is 4.79 Å². The third kappa shape index (κ3) is 5.64. The van der Waals surface area contributed by atoms with E-state index in [1.165, 1.54) is 18.2 Å². The summed E-state index contributed by atoms with van der Waals surface area (Å²) in [7, 11) is 0. The van der Waals surface area contributed by atoms with Crippen LogP contribution in [-0.4, -0.2) is 23.8 Å². The normalized spacial score (nSPS) is 10.6. The van der Waals surface area contributed by atoms with Gasteiger partial charge in [0.25, 0.3) is 0 Å². The summed E-state index contributed by atoms with van der Waals surface area (Å²) in [6, 6.07) is 4.14. The summed E-state index contributed by atoms with van der Waals surface area (Å²) in [5.41, 5.74) is 0.344. The molecule has 102 valence electrons. The number of carbonyl (C=O) groups excluding carboxylic acids is 1. The van der Waals surface area contributed by atoms with Crippen molar-refractivity contribution in [2.75, 3.05) is 11.9 Å². The van der Waals surface area contributed by atoms with Crippen LogP contribution >= 0.6 is 11.6 Å². The number of nitrogens with one attached hydrogen (secondary N) is 1. The Balaban J connectivity index is 2.91. The van der Waals surface area contributed by atoms with Gasteiger partial charge in [0, 0.05) is 10.6 Å². The quantitative estimate of drug-likeness (QED) is 0.823. The SMILES string of the molecule is O=C(CC(F)(F)F)Nc1ccc(Cl)cc1C#CCO. The molecule has 0 spiro atoms. The Labute approximate surface area is 112 Å². The molecule has 7 heteroatoms. The zero-order valence-electron chi connectivity index (χ0n) is 9.51. The Hall–Kier alpha value is -1.71. The Morgan fingerprint density at radius 3 is 2.68 bits per heavy atom. The number of halogens is 4. The Bertz CT molecular complexity index is 532. The lowest BCUT2D eigenvalue weighted by atomic mass is 10.1. The van der Waals surface area contributed by atoms with Crippen LogP contribution in [0.25, 0.3) is 0 Å². The van der Waals surface area contributed by atoms with Gasteiger partial charge >= 0.3 is 6.18 Å². The fraction of sp³-hybridized carbons (Fsp3) is 0.250. The monoisotopic (exact) mass is 291 g/mol. The van der Waals surface area contributed by atoms with Crippen LogP contribution in [0.15, 0.2) is 18.2 Å². The molecular formula is C12H9ClF3NO2. The van der Waals surface area contributed by atoms with E-state index in [2.05, 4.69) is 17.2 Å². The summed E-state index contributed by atoms with van der Waals surface area (Å²) in [6.45, 7) is -0.414. The minimum Gasteiger partial charge on any atom is -0.384 e. The lowest BCUT2D eigenvalue weighted by Crippen LogP contribution is -2.21. The Kier molecular flexibility index (Phi) is 5.21. The summed E-state index contributed by atoms with van der Waals surface area (Å²) < 4.78 is 36.1. The molecule has 0 saturated heterocycles. The first-order valence-corrected chi connectivity index (χ1v) is 5.45. The van der Waals surface area contributed by atoms with Crippen molar-refractivity contribution in [1.29, 1.82) is 0 Å². The van der Waals surface area contributed by atoms with Crippen molar-refractivity contribution in [1.82, 2.24) is 0 Å². The van der Waals surface area contributed by atoms with E-state index in [9.17, 15) is 18.0 Å². The van der Waals surface area contributed by atoms with Crippen LogP contribution < -0.4 is 5.32 Å². The van der Waals surface area contributed by atoms with Gasteiger partial charge in [-0.1, -0.05) is 23.4 Å². The predicted molar refractivity (Wildman–Crippen MR) is 64.7 cm³/mol. The molecule has 0 radical (unpaired) electrons. The van der Waals surface area contributed by atoms with Gasteiger partial charge in [0.1, 0.15) is 13.0 Å². The molecule has 0 heterocycles. The van der Waals surface area contributed by atoms with Gasteiger partial charge < -0.3 is 10.4 Å². The molecule has 3 nitrogen and oxygen atoms in total. The molecule has 0 aliphatic carbocycles. The summed E-state index contributed by atoms with van der Waals surface area (Å²) >= 11 is 5.72. The van der Waals surface area contributed by atoms with Crippen LogP contribution in [0.5, 0.6) is 0 Å². The highest BCUT2D eigenvalue weighted by Gasteiger charge is 2.31. The number of aliphatic hydroxyl groups is 1. The van der Waals surface area contributed by atoms with Gasteiger partial charge in [-0.25, -0.2) is 0 Å². The molecule has 0 atom stereocenters. The molecule has 0 unspecified atom stereocenters. The van der Waals surface area contributed by atoms with Crippen molar-refractivity contribution < 1.29 is 23.1 Å². The topological polar surface area (TPSA) is 49.3 Å². The number of benzene rings is 1. The van der Waals surface area contributed by atoms with E-state index in [-0.39, 0.29) is 11.3 Å². The first-order valence-electron chi connectivity index (χ1n) is 5.07. The Morgan fingerprint density at radius 2 is 2.11 bits per heavy atom. The highest BCUT2D eigenvalue weighted by molar-refractivity contribution is 6.30. The third-order valence-corrected chi connectivity index (χ3v) is 2.15. The van der Waals surface area contributed by atoms with Crippen LogP contribution in [0.4, 0.5) is 18.9 Å². The number of hydrogen-bond acceptors (Lipinski definition) is 2. The van der Waals surface area contributed by atoms with E-state index in [1.807, 2.05) is 0 Å². The summed E-state index contributed by atoms with van der Waals surface area (Å²) in [4.78, 5) is 11.2. The van der Waals surface area contributed by atoms with Gasteiger partial charge in [0.2, 0.25) is 5.91 Å². The number of aliphatic hydroxyl groups excluding tert-OH is 1. The first kappa shape index (κ1) is 15.3. The summed E-state index contributed by atoms with van der Waals surface area (Å²) in [6.07, 6.45) is -6.16. The molecule has 2 N–H and O–H groups in total. The van der Waals surface area contributed by atoms with Crippen molar-refractivity contribution in [2.45, 2.75) is 12.6 Å². The fourth-order valence-electron chi connectivity index (χ4n) is 1.24. The minimum absolute atomic E-state index is 0.111. The molecule has 0 bridgehead atoms. The van der Waals surface area contributed by atoms with Crippen LogP contribution in [0.3, 0.4) is 0 Å². The van der Waals surface area contributed by atoms with E-state index < -0.39 is 25.1 Å². The molecule has 0 saturated carbocycles. The molecule has 1 aromatic carbocycles. The first-order chi connectivity index (χ1) is 8.81. The number of amides is 1. The predicted octanol–water partition coefficient (Wildman–Crippen LogP) is 2.57. The van der Waals surface area contributed by atoms with Crippen LogP contribution in [0.1, 0.15) is 12.0 Å². The van der Waals surface area contributed by atoms with Crippen LogP contribution in [0.2, 0.25) is 5.02 Å². The second-order valence-corrected chi connectivity index (χ2v) is 3.93. The largest absolute Gasteiger partial charge is 0.397 e. The maximum Gasteiger partial charge on any atom is 0.397 e. The van der Waals surface area contributed by atoms with Gasteiger partial charge in [-0.2, -0.15) is 13.2 Å². The van der Waals surface area contributed by atoms with Gasteiger partial charge in [0.15, 0.2) is 0 Å². The van der Waals surface area contributed by atoms with E-state index in [4.69, 9.17) is 16.7 Å². The average molecular weight is 292 g/mol. The number of carbonyl (C=O) groups is 1. The van der Waals surface area contributed by atoms with Crippen molar-refractivity contribution >= 4 is 23.2 Å². The third-order valence-electron chi connectivity index (χ3n) is 1.92. The average Bonchev–Trinajstić information content (AvgIpc) is 2.27. The molecule has 0 aromatic heterocycles. The second kappa shape index (κ2) is 6.45. The lowest BCUT2D eigenvalue weighted by molar-refractivity contribution is -0.150. The van der Waals surface area contributed by atoms with Gasteiger partial charge in [0.05, 0.1) is 5.69 Å². The van der Waals surface area contributed by atoms with Crippen LogP contribution in [-0.2, 0) is 4.79 Å². The second-order valence-electron chi connectivity index (χ2n) is 3.49. The number of hydrogen-bond donors (Lipinski definition) is 2. The van der Waals surface area contributed by atoms with E-state index in [1.54, 1.807) is 0 Å². The maximum atomic E-state index is 12.0. The lowest BCUT2D eigenvalue weighted by Gasteiger charge is -2.09. The molecule has 1 aromatic rings. The van der Waals surface area contributed by atoms with Crippen molar-refractivity contribution in [3.63, 3.8) is 0 Å². The van der Waals surface area contributed by atoms with Gasteiger partial charge in [-0.05, 0) is 18.2 Å². The number of rotatable bonds is 2. The standard InChI is InChI=1S/C12H9ClF3NO2/c13-9-3-4-10(8(6-9)2-1-5-18)17-11(19)7-12(14,15)16/h3-4,6,18H,5,7H2,(H,17,19). The highest BCUT2D eigenvalue weighted by atomic mass is 35.5. The van der Waals surface area contributed by atoms with Crippen molar-refractivity contribution in [3.8, 4) is 11.8 Å². The van der Waals surface area contributed by atoms with E-state index >= 15 is 0 Å². The number of alkyl halides is 3. The molecular weight excluding hydrogens is 283 g/mol. The van der Waals surface area contributed by atoms with Crippen molar-refractivity contribution in [2.24, 2.45) is 0 Å². The molecule has 1 amide bonds. The van der Waals surface area contributed by atoms with Crippen LogP contribution in [0, 0.1) is 11.8 Å². The highest BCUT2D eigenvalue weighted by Crippen LogP contribution is 2.23. The zero-order valence-corrected chi connectivity index (χ0v) is 10.3. The molecule has 0 aliphatic heterocycles. The number of anilines is 1. The molecule has 19 heavy (non-hydrogen) atoms. The fourth-order valence-corrected chi connectivity index (χ4v) is 1.41. The summed E-state index contributed by atoms with van der Waals surface area (Å²) in [5, 5.41) is 11.0. The maximum absolute atomic E-state index is 12.0. The molecule has 1 rings (SSSR count). The molecule has 0 fully saturated rings. The smallest absolute Gasteiger partial charge is 0.384 e. The minimum atomic E-state index is -4.58. The summed E-state index contributed by atoms with van der Waals surface area (Å²) in [5.74, 6) is 3.63. The molecule has 0 aliphatic rings. The van der Waals surface area contributed by atoms with E-state index in [0.29, 0.717) is 5.02 Å².